The number of H-pyrrole nitrogens is 1. The van der Waals surface area contributed by atoms with E-state index in [4.69, 9.17) is 0 Å². The van der Waals surface area contributed by atoms with Gasteiger partial charge in [-0.25, -0.2) is 9.97 Å². The Labute approximate surface area is 88.3 Å². The number of nitrogens with one attached hydrogen (secondary N) is 3. The molecule has 0 unspecified atom stereocenters. The summed E-state index contributed by atoms with van der Waals surface area (Å²) in [5, 5.41) is 7.56. The van der Waals surface area contributed by atoms with Crippen molar-refractivity contribution in [3.63, 3.8) is 0 Å². The average molecular weight is 205 g/mol. The van der Waals surface area contributed by atoms with E-state index >= 15 is 0 Å². The Morgan fingerprint density at radius 1 is 1.33 bits per heavy atom. The number of hydrogen-bond acceptors (Lipinski definition) is 4. The van der Waals surface area contributed by atoms with Crippen LogP contribution in [0.15, 0.2) is 18.6 Å². The zero-order chi connectivity index (χ0) is 10.5. The highest BCUT2D eigenvalue weighted by Gasteiger charge is 2.02. The molecule has 0 aliphatic rings. The molecule has 0 saturated heterocycles. The van der Waals surface area contributed by atoms with Gasteiger partial charge in [-0.2, -0.15) is 0 Å². The maximum atomic E-state index is 4.21. The van der Waals surface area contributed by atoms with Gasteiger partial charge in [-0.15, -0.1) is 0 Å². The first-order valence-electron chi connectivity index (χ1n) is 5.14. The molecule has 0 saturated carbocycles. The van der Waals surface area contributed by atoms with Gasteiger partial charge in [0.1, 0.15) is 17.8 Å². The number of rotatable bonds is 5. The molecule has 2 aromatic heterocycles. The first-order chi connectivity index (χ1) is 7.42. The molecule has 2 aromatic rings. The van der Waals surface area contributed by atoms with Crippen LogP contribution in [0.25, 0.3) is 11.0 Å². The van der Waals surface area contributed by atoms with E-state index in [1.54, 1.807) is 6.33 Å². The molecule has 0 radical (unpaired) electrons. The van der Waals surface area contributed by atoms with Crippen LogP contribution in [0.2, 0.25) is 0 Å². The smallest absolute Gasteiger partial charge is 0.142 e. The summed E-state index contributed by atoms with van der Waals surface area (Å²) in [5.74, 6) is 0.888. The highest BCUT2D eigenvalue weighted by atomic mass is 15.0. The molecular formula is C10H15N5. The van der Waals surface area contributed by atoms with Crippen molar-refractivity contribution in [3.05, 3.63) is 18.6 Å². The van der Waals surface area contributed by atoms with Crippen LogP contribution in [0.4, 0.5) is 5.82 Å². The van der Waals surface area contributed by atoms with E-state index in [9.17, 15) is 0 Å². The van der Waals surface area contributed by atoms with Crippen molar-refractivity contribution in [2.24, 2.45) is 0 Å². The highest BCUT2D eigenvalue weighted by Crippen LogP contribution is 2.16. The number of aromatic nitrogens is 3. The van der Waals surface area contributed by atoms with Gasteiger partial charge in [0.15, 0.2) is 0 Å². The van der Waals surface area contributed by atoms with E-state index in [1.165, 1.54) is 0 Å². The van der Waals surface area contributed by atoms with Crippen LogP contribution in [-0.4, -0.2) is 34.6 Å². The number of likely N-dealkylation sites (N-methyl/N-ethyl adjacent to an activating group) is 1. The van der Waals surface area contributed by atoms with Gasteiger partial charge in [-0.05, 0) is 12.6 Å². The Hall–Kier alpha value is -1.62. The molecule has 0 atom stereocenters. The Balaban J connectivity index is 2.04. The fraction of sp³-hybridized carbons (Fsp3) is 0.400. The molecule has 2 rings (SSSR count). The highest BCUT2D eigenvalue weighted by molar-refractivity contribution is 5.86. The maximum Gasteiger partial charge on any atom is 0.142 e. The third-order valence-electron chi connectivity index (χ3n) is 2.20. The van der Waals surface area contributed by atoms with Crippen molar-refractivity contribution < 1.29 is 0 Å². The number of anilines is 1. The van der Waals surface area contributed by atoms with Crippen molar-refractivity contribution in [2.75, 3.05) is 25.0 Å². The van der Waals surface area contributed by atoms with E-state index in [1.807, 2.05) is 12.3 Å². The molecule has 15 heavy (non-hydrogen) atoms. The molecule has 0 aliphatic heterocycles. The maximum absolute atomic E-state index is 4.21. The molecule has 5 heteroatoms. The van der Waals surface area contributed by atoms with Crippen LogP contribution in [-0.2, 0) is 0 Å². The van der Waals surface area contributed by atoms with Gasteiger partial charge >= 0.3 is 0 Å². The van der Waals surface area contributed by atoms with E-state index in [-0.39, 0.29) is 0 Å². The minimum absolute atomic E-state index is 0.866. The number of nitrogens with zero attached hydrogens (tertiary/aromatic N) is 2. The molecule has 2 heterocycles. The van der Waals surface area contributed by atoms with Gasteiger partial charge in [0.25, 0.3) is 0 Å². The third kappa shape index (κ3) is 2.24. The van der Waals surface area contributed by atoms with Gasteiger partial charge < -0.3 is 15.6 Å². The summed E-state index contributed by atoms with van der Waals surface area (Å²) < 4.78 is 0. The van der Waals surface area contributed by atoms with Gasteiger partial charge in [-0.3, -0.25) is 0 Å². The first kappa shape index (κ1) is 9.92. The van der Waals surface area contributed by atoms with E-state index in [0.717, 1.165) is 36.5 Å². The molecule has 0 amide bonds. The predicted molar refractivity (Wildman–Crippen MR) is 60.9 cm³/mol. The van der Waals surface area contributed by atoms with Crippen LogP contribution in [0.3, 0.4) is 0 Å². The fourth-order valence-electron chi connectivity index (χ4n) is 1.46. The normalized spacial score (nSPS) is 10.7. The second kappa shape index (κ2) is 4.75. The first-order valence-corrected chi connectivity index (χ1v) is 5.14. The summed E-state index contributed by atoms with van der Waals surface area (Å²) in [7, 11) is 0. The molecule has 0 fully saturated rings. The summed E-state index contributed by atoms with van der Waals surface area (Å²) in [5.41, 5.74) is 0.871. The largest absolute Gasteiger partial charge is 0.368 e. The van der Waals surface area contributed by atoms with Crippen LogP contribution in [0.5, 0.6) is 0 Å². The minimum atomic E-state index is 0.866. The van der Waals surface area contributed by atoms with Crippen molar-refractivity contribution in [1.29, 1.82) is 0 Å². The standard InChI is InChI=1S/C10H15N5/c1-2-11-5-6-13-10-8-3-4-12-9(8)14-7-15-10/h3-4,7,11H,2,5-6H2,1H3,(H2,12,13,14,15). The molecular weight excluding hydrogens is 190 g/mol. The molecule has 0 bridgehead atoms. The summed E-state index contributed by atoms with van der Waals surface area (Å²) in [6, 6.07) is 1.98. The summed E-state index contributed by atoms with van der Waals surface area (Å²) in [6.07, 6.45) is 3.43. The Morgan fingerprint density at radius 2 is 2.27 bits per heavy atom. The van der Waals surface area contributed by atoms with Crippen molar-refractivity contribution >= 4 is 16.9 Å². The van der Waals surface area contributed by atoms with Crippen LogP contribution < -0.4 is 10.6 Å². The van der Waals surface area contributed by atoms with Gasteiger partial charge in [0.2, 0.25) is 0 Å². The monoisotopic (exact) mass is 205 g/mol. The minimum Gasteiger partial charge on any atom is -0.368 e. The Morgan fingerprint density at radius 3 is 3.13 bits per heavy atom. The lowest BCUT2D eigenvalue weighted by atomic mass is 10.4. The lowest BCUT2D eigenvalue weighted by molar-refractivity contribution is 0.738. The summed E-state index contributed by atoms with van der Waals surface area (Å²) in [4.78, 5) is 11.4. The lowest BCUT2D eigenvalue weighted by Gasteiger charge is -2.06. The van der Waals surface area contributed by atoms with Gasteiger partial charge in [0, 0.05) is 19.3 Å². The topological polar surface area (TPSA) is 65.6 Å². The van der Waals surface area contributed by atoms with Crippen molar-refractivity contribution in [2.45, 2.75) is 6.92 Å². The van der Waals surface area contributed by atoms with Crippen LogP contribution in [0.1, 0.15) is 6.92 Å². The quantitative estimate of drug-likeness (QED) is 0.637. The fourth-order valence-corrected chi connectivity index (χ4v) is 1.46. The van der Waals surface area contributed by atoms with Crippen LogP contribution in [0, 0.1) is 0 Å². The third-order valence-corrected chi connectivity index (χ3v) is 2.20. The molecule has 80 valence electrons. The Kier molecular flexibility index (Phi) is 3.14. The molecule has 3 N–H and O–H groups in total. The van der Waals surface area contributed by atoms with Gasteiger partial charge in [-0.1, -0.05) is 6.92 Å². The Bertz CT molecular complexity index is 422. The van der Waals surface area contributed by atoms with E-state index in [2.05, 4.69) is 32.5 Å². The van der Waals surface area contributed by atoms with Crippen LogP contribution >= 0.6 is 0 Å². The zero-order valence-electron chi connectivity index (χ0n) is 8.75. The molecule has 0 aromatic carbocycles. The second-order valence-electron chi connectivity index (χ2n) is 3.24. The SMILES string of the molecule is CCNCCNc1ncnc2[nH]ccc12. The zero-order valence-corrected chi connectivity index (χ0v) is 8.75. The second-order valence-corrected chi connectivity index (χ2v) is 3.24. The number of aromatic amines is 1. The summed E-state index contributed by atoms with van der Waals surface area (Å²) >= 11 is 0. The molecule has 0 spiro atoms. The van der Waals surface area contributed by atoms with Crippen molar-refractivity contribution in [3.8, 4) is 0 Å². The van der Waals surface area contributed by atoms with E-state index in [0.29, 0.717) is 0 Å². The van der Waals surface area contributed by atoms with E-state index < -0.39 is 0 Å². The molecule has 0 aliphatic carbocycles. The van der Waals surface area contributed by atoms with Crippen molar-refractivity contribution in [1.82, 2.24) is 20.3 Å². The lowest BCUT2D eigenvalue weighted by Crippen LogP contribution is -2.21. The summed E-state index contributed by atoms with van der Waals surface area (Å²) in [6.45, 7) is 4.89. The number of fused-ring (bicyclic) bond motifs is 1. The van der Waals surface area contributed by atoms with Gasteiger partial charge in [0.05, 0.1) is 5.39 Å². The number of hydrogen-bond donors (Lipinski definition) is 3. The molecule has 5 nitrogen and oxygen atoms in total. The predicted octanol–water partition coefficient (Wildman–Crippen LogP) is 0.979. The average Bonchev–Trinajstić information content (AvgIpc) is 2.73.